The van der Waals surface area contributed by atoms with Crippen molar-refractivity contribution in [3.05, 3.63) is 46.5 Å². The largest absolute Gasteiger partial charge is 0.455 e. The maximum atomic E-state index is 12.8. The van der Waals surface area contributed by atoms with E-state index in [2.05, 4.69) is 0 Å². The summed E-state index contributed by atoms with van der Waals surface area (Å²) in [5.41, 5.74) is 2.15. The SMILES string of the molecule is O=C(OCC(=O)N(Cc1ccccc1)c1nc2c(s1)CCCC2)C1CC1. The van der Waals surface area contributed by atoms with Gasteiger partial charge in [0.1, 0.15) is 0 Å². The maximum absolute atomic E-state index is 12.8. The number of carbonyl (C=O) groups excluding carboxylic acids is 2. The van der Waals surface area contributed by atoms with Crippen molar-refractivity contribution in [2.45, 2.75) is 45.1 Å². The highest BCUT2D eigenvalue weighted by Gasteiger charge is 2.32. The molecule has 5 nitrogen and oxygen atoms in total. The summed E-state index contributed by atoms with van der Waals surface area (Å²) in [5, 5.41) is 0.716. The lowest BCUT2D eigenvalue weighted by molar-refractivity contribution is -0.149. The van der Waals surface area contributed by atoms with E-state index < -0.39 is 0 Å². The number of aromatic nitrogens is 1. The summed E-state index contributed by atoms with van der Waals surface area (Å²) in [6.45, 7) is 0.222. The van der Waals surface area contributed by atoms with E-state index in [9.17, 15) is 9.59 Å². The second-order valence-electron chi connectivity index (χ2n) is 6.92. The van der Waals surface area contributed by atoms with Crippen molar-refractivity contribution in [1.29, 1.82) is 0 Å². The normalized spacial score (nSPS) is 16.0. The van der Waals surface area contributed by atoms with Crippen LogP contribution in [0.15, 0.2) is 30.3 Å². The van der Waals surface area contributed by atoms with Crippen molar-refractivity contribution >= 4 is 28.3 Å². The molecule has 1 saturated carbocycles. The first kappa shape index (κ1) is 17.2. The van der Waals surface area contributed by atoms with E-state index in [0.29, 0.717) is 11.7 Å². The van der Waals surface area contributed by atoms with Crippen LogP contribution in [0.3, 0.4) is 0 Å². The van der Waals surface area contributed by atoms with Crippen LogP contribution in [-0.4, -0.2) is 23.5 Å². The smallest absolute Gasteiger partial charge is 0.309 e. The molecular weight excluding hydrogens is 348 g/mol. The number of nitrogens with zero attached hydrogens (tertiary/aromatic N) is 2. The van der Waals surface area contributed by atoms with Gasteiger partial charge in [-0.3, -0.25) is 14.5 Å². The third kappa shape index (κ3) is 3.96. The summed E-state index contributed by atoms with van der Waals surface area (Å²) in [6.07, 6.45) is 6.11. The zero-order valence-corrected chi connectivity index (χ0v) is 15.5. The van der Waals surface area contributed by atoms with Crippen molar-refractivity contribution in [2.24, 2.45) is 5.92 Å². The first-order chi connectivity index (χ1) is 12.7. The zero-order valence-electron chi connectivity index (χ0n) is 14.6. The number of carbonyl (C=O) groups is 2. The molecule has 4 rings (SSSR count). The summed E-state index contributed by atoms with van der Waals surface area (Å²) < 4.78 is 5.22. The first-order valence-electron chi connectivity index (χ1n) is 9.20. The van der Waals surface area contributed by atoms with Crippen LogP contribution < -0.4 is 4.90 Å². The van der Waals surface area contributed by atoms with Crippen LogP contribution in [0, 0.1) is 5.92 Å². The quantitative estimate of drug-likeness (QED) is 0.730. The Kier molecular flexibility index (Phi) is 5.02. The number of rotatable bonds is 6. The average molecular weight is 370 g/mol. The standard InChI is InChI=1S/C20H22N2O3S/c23-18(13-25-19(24)15-10-11-15)22(12-14-6-2-1-3-7-14)20-21-16-8-4-5-9-17(16)26-20/h1-3,6-7,15H,4-5,8-13H2. The molecule has 26 heavy (non-hydrogen) atoms. The zero-order chi connectivity index (χ0) is 17.9. The van der Waals surface area contributed by atoms with Crippen LogP contribution >= 0.6 is 11.3 Å². The summed E-state index contributed by atoms with van der Waals surface area (Å²) >= 11 is 1.60. The van der Waals surface area contributed by atoms with Crippen LogP contribution in [0.2, 0.25) is 0 Å². The Hall–Kier alpha value is -2.21. The molecule has 2 aliphatic rings. The summed E-state index contributed by atoms with van der Waals surface area (Å²) in [4.78, 5) is 32.3. The molecule has 2 aliphatic carbocycles. The molecule has 136 valence electrons. The van der Waals surface area contributed by atoms with Gasteiger partial charge in [0.15, 0.2) is 11.7 Å². The van der Waals surface area contributed by atoms with Gasteiger partial charge >= 0.3 is 5.97 Å². The number of ether oxygens (including phenoxy) is 1. The highest BCUT2D eigenvalue weighted by molar-refractivity contribution is 7.15. The topological polar surface area (TPSA) is 59.5 Å². The Morgan fingerprint density at radius 2 is 1.92 bits per heavy atom. The molecule has 6 heteroatoms. The van der Waals surface area contributed by atoms with Crippen molar-refractivity contribution in [3.8, 4) is 0 Å². The summed E-state index contributed by atoms with van der Waals surface area (Å²) in [6, 6.07) is 9.85. The van der Waals surface area contributed by atoms with E-state index in [1.54, 1.807) is 16.2 Å². The van der Waals surface area contributed by atoms with E-state index in [-0.39, 0.29) is 24.4 Å². The number of fused-ring (bicyclic) bond motifs is 1. The molecular formula is C20H22N2O3S. The number of esters is 1. The Morgan fingerprint density at radius 1 is 1.15 bits per heavy atom. The minimum Gasteiger partial charge on any atom is -0.455 e. The molecule has 0 radical (unpaired) electrons. The third-order valence-electron chi connectivity index (χ3n) is 4.80. The van der Waals surface area contributed by atoms with Crippen molar-refractivity contribution in [3.63, 3.8) is 0 Å². The van der Waals surface area contributed by atoms with Crippen LogP contribution in [-0.2, 0) is 33.7 Å². The number of thiazole rings is 1. The average Bonchev–Trinajstić information content (AvgIpc) is 3.43. The minimum absolute atomic E-state index is 0.00227. The Morgan fingerprint density at radius 3 is 2.65 bits per heavy atom. The van der Waals surface area contributed by atoms with Gasteiger partial charge < -0.3 is 4.74 Å². The molecule has 0 N–H and O–H groups in total. The third-order valence-corrected chi connectivity index (χ3v) is 5.98. The van der Waals surface area contributed by atoms with Gasteiger partial charge in [0.25, 0.3) is 5.91 Å². The molecule has 2 aromatic rings. The predicted octanol–water partition coefficient (Wildman–Crippen LogP) is 3.51. The highest BCUT2D eigenvalue weighted by atomic mass is 32.1. The monoisotopic (exact) mass is 370 g/mol. The number of amides is 1. The number of benzene rings is 1. The fourth-order valence-corrected chi connectivity index (χ4v) is 4.29. The molecule has 0 atom stereocenters. The molecule has 0 saturated heterocycles. The van der Waals surface area contributed by atoms with E-state index in [1.807, 2.05) is 30.3 Å². The second kappa shape index (κ2) is 7.58. The highest BCUT2D eigenvalue weighted by Crippen LogP contribution is 2.33. The number of aryl methyl sites for hydroxylation is 2. The van der Waals surface area contributed by atoms with Gasteiger partial charge in [-0.25, -0.2) is 4.98 Å². The lowest BCUT2D eigenvalue weighted by Gasteiger charge is -2.20. The van der Waals surface area contributed by atoms with Gasteiger partial charge in [-0.2, -0.15) is 0 Å². The lowest BCUT2D eigenvalue weighted by Crippen LogP contribution is -2.34. The van der Waals surface area contributed by atoms with Crippen LogP contribution in [0.5, 0.6) is 0 Å². The van der Waals surface area contributed by atoms with E-state index in [0.717, 1.165) is 43.4 Å². The first-order valence-corrected chi connectivity index (χ1v) is 10.0. The fourth-order valence-electron chi connectivity index (χ4n) is 3.13. The van der Waals surface area contributed by atoms with Gasteiger partial charge in [-0.1, -0.05) is 30.3 Å². The van der Waals surface area contributed by atoms with Crippen molar-refractivity contribution < 1.29 is 14.3 Å². The maximum Gasteiger partial charge on any atom is 0.309 e. The van der Waals surface area contributed by atoms with Crippen molar-refractivity contribution in [1.82, 2.24) is 4.98 Å². The Bertz CT molecular complexity index is 775. The molecule has 0 unspecified atom stereocenters. The molecule has 1 amide bonds. The van der Waals surface area contributed by atoms with Crippen LogP contribution in [0.4, 0.5) is 5.13 Å². The van der Waals surface area contributed by atoms with E-state index in [1.165, 1.54) is 11.3 Å². The predicted molar refractivity (Wildman–Crippen MR) is 100 cm³/mol. The van der Waals surface area contributed by atoms with E-state index >= 15 is 0 Å². The van der Waals surface area contributed by atoms with Gasteiger partial charge in [-0.05, 0) is 44.1 Å². The molecule has 1 fully saturated rings. The van der Waals surface area contributed by atoms with Crippen LogP contribution in [0.1, 0.15) is 41.8 Å². The van der Waals surface area contributed by atoms with E-state index in [4.69, 9.17) is 9.72 Å². The molecule has 1 heterocycles. The van der Waals surface area contributed by atoms with Gasteiger partial charge in [0.2, 0.25) is 0 Å². The molecule has 1 aromatic carbocycles. The van der Waals surface area contributed by atoms with Crippen molar-refractivity contribution in [2.75, 3.05) is 11.5 Å². The Labute approximate surface area is 157 Å². The van der Waals surface area contributed by atoms with Gasteiger partial charge in [-0.15, -0.1) is 11.3 Å². The lowest BCUT2D eigenvalue weighted by atomic mass is 10.0. The molecule has 0 aliphatic heterocycles. The number of hydrogen-bond acceptors (Lipinski definition) is 5. The van der Waals surface area contributed by atoms with Gasteiger partial charge in [0.05, 0.1) is 18.2 Å². The fraction of sp³-hybridized carbons (Fsp3) is 0.450. The molecule has 0 bridgehead atoms. The Balaban J connectivity index is 1.53. The number of anilines is 1. The number of hydrogen-bond donors (Lipinski definition) is 0. The molecule has 1 aromatic heterocycles. The molecule has 0 spiro atoms. The summed E-state index contributed by atoms with van der Waals surface area (Å²) in [7, 11) is 0. The van der Waals surface area contributed by atoms with Crippen LogP contribution in [0.25, 0.3) is 0 Å². The van der Waals surface area contributed by atoms with Gasteiger partial charge in [0, 0.05) is 4.88 Å². The minimum atomic E-state index is -0.253. The second-order valence-corrected chi connectivity index (χ2v) is 7.98. The summed E-state index contributed by atoms with van der Waals surface area (Å²) in [5.74, 6) is -0.469.